The van der Waals surface area contributed by atoms with E-state index in [0.717, 1.165) is 50.9 Å². The summed E-state index contributed by atoms with van der Waals surface area (Å²) in [7, 11) is -3.09. The number of rotatable bonds is 4. The molecule has 0 amide bonds. The summed E-state index contributed by atoms with van der Waals surface area (Å²) in [6.45, 7) is 3.48. The van der Waals surface area contributed by atoms with Crippen LogP contribution in [0.25, 0.3) is 0 Å². The van der Waals surface area contributed by atoms with Crippen LogP contribution in [0.2, 0.25) is 0 Å². The first kappa shape index (κ1) is 17.2. The van der Waals surface area contributed by atoms with E-state index in [9.17, 15) is 13.5 Å². The van der Waals surface area contributed by atoms with Crippen molar-refractivity contribution >= 4 is 10.0 Å². The molecule has 124 valence electrons. The number of aliphatic hydroxyl groups is 1. The van der Waals surface area contributed by atoms with Crippen molar-refractivity contribution in [1.29, 1.82) is 0 Å². The van der Waals surface area contributed by atoms with Crippen molar-refractivity contribution in [3.63, 3.8) is 0 Å². The molecular weight excluding hydrogens is 286 g/mol. The van der Waals surface area contributed by atoms with Gasteiger partial charge in [0.1, 0.15) is 0 Å². The fraction of sp³-hybridized carbons (Fsp3) is 1.00. The molecule has 1 saturated carbocycles. The fourth-order valence-corrected chi connectivity index (χ4v) is 5.05. The van der Waals surface area contributed by atoms with Crippen LogP contribution in [0.3, 0.4) is 0 Å². The van der Waals surface area contributed by atoms with Crippen molar-refractivity contribution in [2.24, 2.45) is 11.8 Å². The molecule has 1 heterocycles. The summed E-state index contributed by atoms with van der Waals surface area (Å²) < 4.78 is 25.0. The number of hydrogen-bond acceptors (Lipinski definition) is 3. The monoisotopic (exact) mass is 317 g/mol. The molecule has 0 aromatic heterocycles. The van der Waals surface area contributed by atoms with Gasteiger partial charge >= 0.3 is 0 Å². The highest BCUT2D eigenvalue weighted by Gasteiger charge is 2.35. The van der Waals surface area contributed by atoms with Gasteiger partial charge in [0, 0.05) is 13.1 Å². The quantitative estimate of drug-likeness (QED) is 0.811. The second-order valence-corrected chi connectivity index (χ2v) is 9.25. The summed E-state index contributed by atoms with van der Waals surface area (Å²) in [6.07, 6.45) is 10.5. The van der Waals surface area contributed by atoms with Crippen molar-refractivity contribution < 1.29 is 13.5 Å². The van der Waals surface area contributed by atoms with Gasteiger partial charge in [-0.15, -0.1) is 0 Å². The lowest BCUT2D eigenvalue weighted by atomic mass is 9.81. The van der Waals surface area contributed by atoms with Crippen molar-refractivity contribution in [3.05, 3.63) is 0 Å². The van der Waals surface area contributed by atoms with Crippen LogP contribution in [-0.4, -0.2) is 42.8 Å². The lowest BCUT2D eigenvalue weighted by molar-refractivity contribution is -0.00645. The van der Waals surface area contributed by atoms with E-state index in [-0.39, 0.29) is 0 Å². The second kappa shape index (κ2) is 6.97. The van der Waals surface area contributed by atoms with Crippen molar-refractivity contribution in [3.8, 4) is 0 Å². The van der Waals surface area contributed by atoms with Crippen molar-refractivity contribution in [2.45, 2.75) is 70.3 Å². The Morgan fingerprint density at radius 2 is 1.86 bits per heavy atom. The molecular formula is C16H31NO3S. The third kappa shape index (κ3) is 4.93. The summed E-state index contributed by atoms with van der Waals surface area (Å²) in [5, 5.41) is 10.9. The molecule has 1 N–H and O–H groups in total. The molecule has 1 aliphatic carbocycles. The maximum Gasteiger partial charge on any atom is 0.211 e. The van der Waals surface area contributed by atoms with Crippen LogP contribution in [0, 0.1) is 11.8 Å². The van der Waals surface area contributed by atoms with Gasteiger partial charge < -0.3 is 5.11 Å². The lowest BCUT2D eigenvalue weighted by Gasteiger charge is -2.36. The van der Waals surface area contributed by atoms with Crippen LogP contribution < -0.4 is 0 Å². The molecule has 2 aliphatic rings. The first-order chi connectivity index (χ1) is 9.82. The maximum absolute atomic E-state index is 11.7. The van der Waals surface area contributed by atoms with Gasteiger partial charge in [-0.3, -0.25) is 0 Å². The van der Waals surface area contributed by atoms with E-state index in [0.29, 0.717) is 19.0 Å². The maximum atomic E-state index is 11.7. The SMILES string of the molecule is CCC1CCCC(O)(CC2CCCN(S(C)(=O)=O)C2)CC1. The fourth-order valence-electron chi connectivity index (χ4n) is 4.11. The zero-order valence-electron chi connectivity index (χ0n) is 13.6. The number of piperidine rings is 1. The standard InChI is InChI=1S/C16H31NO3S/c1-3-14-6-4-9-16(18,10-8-14)12-15-7-5-11-17(13-15)21(2,19)20/h14-15,18H,3-13H2,1-2H3. The highest BCUT2D eigenvalue weighted by Crippen LogP contribution is 2.37. The van der Waals surface area contributed by atoms with E-state index in [1.165, 1.54) is 19.1 Å². The molecule has 21 heavy (non-hydrogen) atoms. The number of hydrogen-bond donors (Lipinski definition) is 1. The average molecular weight is 317 g/mol. The topological polar surface area (TPSA) is 57.6 Å². The largest absolute Gasteiger partial charge is 0.390 e. The highest BCUT2D eigenvalue weighted by atomic mass is 32.2. The van der Waals surface area contributed by atoms with E-state index in [1.807, 2.05) is 0 Å². The summed E-state index contributed by atoms with van der Waals surface area (Å²) in [5.74, 6) is 1.08. The number of nitrogens with zero attached hydrogens (tertiary/aromatic N) is 1. The van der Waals surface area contributed by atoms with Crippen LogP contribution in [0.1, 0.15) is 64.7 Å². The third-order valence-corrected chi connectivity index (χ3v) is 6.74. The second-order valence-electron chi connectivity index (χ2n) is 7.26. The Morgan fingerprint density at radius 3 is 2.52 bits per heavy atom. The molecule has 4 nitrogen and oxygen atoms in total. The van der Waals surface area contributed by atoms with Crippen LogP contribution in [0.5, 0.6) is 0 Å². The van der Waals surface area contributed by atoms with E-state index in [4.69, 9.17) is 0 Å². The predicted molar refractivity (Wildman–Crippen MR) is 85.6 cm³/mol. The van der Waals surface area contributed by atoms with Crippen LogP contribution in [-0.2, 0) is 10.0 Å². The highest BCUT2D eigenvalue weighted by molar-refractivity contribution is 7.88. The molecule has 3 unspecified atom stereocenters. The molecule has 0 aromatic rings. The van der Waals surface area contributed by atoms with Gasteiger partial charge in [-0.05, 0) is 50.4 Å². The molecule has 1 saturated heterocycles. The molecule has 5 heteroatoms. The molecule has 0 radical (unpaired) electrons. The summed E-state index contributed by atoms with van der Waals surface area (Å²) in [5.41, 5.74) is -0.560. The molecule has 0 bridgehead atoms. The van der Waals surface area contributed by atoms with E-state index >= 15 is 0 Å². The Bertz CT molecular complexity index is 437. The Labute approximate surface area is 130 Å². The van der Waals surface area contributed by atoms with Gasteiger partial charge in [0.15, 0.2) is 0 Å². The van der Waals surface area contributed by atoms with Gasteiger partial charge in [-0.2, -0.15) is 0 Å². The van der Waals surface area contributed by atoms with Gasteiger partial charge in [-0.25, -0.2) is 12.7 Å². The summed E-state index contributed by atoms with van der Waals surface area (Å²) >= 11 is 0. The normalized spacial score (nSPS) is 36.3. The van der Waals surface area contributed by atoms with Crippen LogP contribution >= 0.6 is 0 Å². The Hall–Kier alpha value is -0.130. The lowest BCUT2D eigenvalue weighted by Crippen LogP contribution is -2.42. The Kier molecular flexibility index (Phi) is 5.71. The zero-order valence-corrected chi connectivity index (χ0v) is 14.4. The van der Waals surface area contributed by atoms with Gasteiger partial charge in [0.05, 0.1) is 11.9 Å². The third-order valence-electron chi connectivity index (χ3n) is 5.47. The molecule has 0 aromatic carbocycles. The van der Waals surface area contributed by atoms with E-state index < -0.39 is 15.6 Å². The van der Waals surface area contributed by atoms with E-state index in [1.54, 1.807) is 4.31 Å². The average Bonchev–Trinajstić information content (AvgIpc) is 2.60. The molecule has 2 rings (SSSR count). The number of sulfonamides is 1. The Morgan fingerprint density at radius 1 is 1.14 bits per heavy atom. The van der Waals surface area contributed by atoms with Gasteiger partial charge in [0.25, 0.3) is 0 Å². The summed E-state index contributed by atoms with van der Waals surface area (Å²) in [4.78, 5) is 0. The zero-order chi connectivity index (χ0) is 15.5. The smallest absolute Gasteiger partial charge is 0.211 e. The van der Waals surface area contributed by atoms with Crippen LogP contribution in [0.4, 0.5) is 0 Å². The molecule has 2 fully saturated rings. The van der Waals surface area contributed by atoms with Gasteiger partial charge in [0.2, 0.25) is 10.0 Å². The predicted octanol–water partition coefficient (Wildman–Crippen LogP) is 2.77. The first-order valence-corrected chi connectivity index (χ1v) is 10.3. The van der Waals surface area contributed by atoms with Crippen molar-refractivity contribution in [2.75, 3.05) is 19.3 Å². The molecule has 0 spiro atoms. The Balaban J connectivity index is 1.93. The minimum absolute atomic E-state index is 0.316. The molecule has 1 aliphatic heterocycles. The van der Waals surface area contributed by atoms with Crippen molar-refractivity contribution in [1.82, 2.24) is 4.31 Å². The van der Waals surface area contributed by atoms with Crippen LogP contribution in [0.15, 0.2) is 0 Å². The first-order valence-electron chi connectivity index (χ1n) is 8.50. The minimum atomic E-state index is -3.09. The molecule has 3 atom stereocenters. The summed E-state index contributed by atoms with van der Waals surface area (Å²) in [6, 6.07) is 0. The van der Waals surface area contributed by atoms with Gasteiger partial charge in [-0.1, -0.05) is 26.2 Å². The minimum Gasteiger partial charge on any atom is -0.390 e. The van der Waals surface area contributed by atoms with E-state index in [2.05, 4.69) is 6.92 Å².